The Kier molecular flexibility index (Phi) is 4.17. The zero-order valence-corrected chi connectivity index (χ0v) is 9.10. The average Bonchev–Trinajstić information content (AvgIpc) is 2.57. The van der Waals surface area contributed by atoms with Crippen molar-refractivity contribution in [1.82, 2.24) is 10.3 Å². The van der Waals surface area contributed by atoms with Gasteiger partial charge in [0.15, 0.2) is 0 Å². The molecule has 3 nitrogen and oxygen atoms in total. The molecule has 0 aliphatic carbocycles. The number of pyridine rings is 1. The average molecular weight is 214 g/mol. The molecule has 1 aliphatic rings. The van der Waals surface area contributed by atoms with E-state index in [0.29, 0.717) is 6.04 Å². The molecule has 1 fully saturated rings. The van der Waals surface area contributed by atoms with Crippen molar-refractivity contribution >= 4 is 18.2 Å². The Hall–Kier alpha value is -0.800. The third-order valence-corrected chi connectivity index (χ3v) is 2.33. The SMILES string of the molecule is Cc1ccnc(NC2CCNC2)c1.Cl. The smallest absolute Gasteiger partial charge is 0.126 e. The second kappa shape index (κ2) is 5.17. The minimum Gasteiger partial charge on any atom is -0.366 e. The molecule has 1 atom stereocenters. The Bertz CT molecular complexity index is 284. The number of aromatic nitrogens is 1. The number of hydrogen-bond acceptors (Lipinski definition) is 3. The molecule has 14 heavy (non-hydrogen) atoms. The van der Waals surface area contributed by atoms with Gasteiger partial charge >= 0.3 is 0 Å². The molecule has 0 aromatic carbocycles. The minimum absolute atomic E-state index is 0. The van der Waals surface area contributed by atoms with Crippen LogP contribution in [0.25, 0.3) is 0 Å². The number of nitrogens with zero attached hydrogens (tertiary/aromatic N) is 1. The highest BCUT2D eigenvalue weighted by molar-refractivity contribution is 5.85. The molecule has 4 heteroatoms. The summed E-state index contributed by atoms with van der Waals surface area (Å²) in [5.41, 5.74) is 1.25. The normalized spacial score (nSPS) is 20.2. The summed E-state index contributed by atoms with van der Waals surface area (Å²) in [4.78, 5) is 4.26. The fraction of sp³-hybridized carbons (Fsp3) is 0.500. The van der Waals surface area contributed by atoms with E-state index in [4.69, 9.17) is 0 Å². The first kappa shape index (κ1) is 11.3. The summed E-state index contributed by atoms with van der Waals surface area (Å²) in [5.74, 6) is 0.994. The first-order valence-electron chi connectivity index (χ1n) is 4.74. The Labute approximate surface area is 90.7 Å². The predicted octanol–water partition coefficient (Wildman–Crippen LogP) is 1.59. The minimum atomic E-state index is 0. The molecule has 2 N–H and O–H groups in total. The van der Waals surface area contributed by atoms with Gasteiger partial charge in [0.05, 0.1) is 0 Å². The van der Waals surface area contributed by atoms with E-state index in [2.05, 4.69) is 28.6 Å². The van der Waals surface area contributed by atoms with E-state index in [9.17, 15) is 0 Å². The maximum Gasteiger partial charge on any atom is 0.126 e. The lowest BCUT2D eigenvalue weighted by molar-refractivity contribution is 0.788. The summed E-state index contributed by atoms with van der Waals surface area (Å²) < 4.78 is 0. The Balaban J connectivity index is 0.000000980. The molecule has 0 radical (unpaired) electrons. The third-order valence-electron chi connectivity index (χ3n) is 2.33. The summed E-state index contributed by atoms with van der Waals surface area (Å²) in [6.45, 7) is 4.25. The predicted molar refractivity (Wildman–Crippen MR) is 61.1 cm³/mol. The Morgan fingerprint density at radius 1 is 1.57 bits per heavy atom. The molecule has 1 aliphatic heterocycles. The fourth-order valence-electron chi connectivity index (χ4n) is 1.60. The highest BCUT2D eigenvalue weighted by atomic mass is 35.5. The van der Waals surface area contributed by atoms with Crippen LogP contribution < -0.4 is 10.6 Å². The van der Waals surface area contributed by atoms with Crippen LogP contribution in [0.3, 0.4) is 0 Å². The van der Waals surface area contributed by atoms with E-state index in [-0.39, 0.29) is 12.4 Å². The molecule has 1 aromatic heterocycles. The van der Waals surface area contributed by atoms with Crippen molar-refractivity contribution in [2.24, 2.45) is 0 Å². The number of nitrogens with one attached hydrogen (secondary N) is 2. The topological polar surface area (TPSA) is 37.0 Å². The lowest BCUT2D eigenvalue weighted by Gasteiger charge is -2.11. The zero-order valence-electron chi connectivity index (χ0n) is 8.29. The molecule has 0 bridgehead atoms. The van der Waals surface area contributed by atoms with E-state index < -0.39 is 0 Å². The lowest BCUT2D eigenvalue weighted by Crippen LogP contribution is -2.22. The number of rotatable bonds is 2. The van der Waals surface area contributed by atoms with Crippen molar-refractivity contribution in [1.29, 1.82) is 0 Å². The van der Waals surface area contributed by atoms with Gasteiger partial charge in [-0.25, -0.2) is 4.98 Å². The first-order valence-corrected chi connectivity index (χ1v) is 4.74. The van der Waals surface area contributed by atoms with Gasteiger partial charge in [-0.2, -0.15) is 0 Å². The highest BCUT2D eigenvalue weighted by Gasteiger charge is 2.13. The molecule has 2 rings (SSSR count). The number of hydrogen-bond donors (Lipinski definition) is 2. The summed E-state index contributed by atoms with van der Waals surface area (Å²) in [6.07, 6.45) is 3.04. The highest BCUT2D eigenvalue weighted by Crippen LogP contribution is 2.09. The van der Waals surface area contributed by atoms with Crippen molar-refractivity contribution in [3.05, 3.63) is 23.9 Å². The summed E-state index contributed by atoms with van der Waals surface area (Å²) >= 11 is 0. The molecule has 0 spiro atoms. The summed E-state index contributed by atoms with van der Waals surface area (Å²) in [5, 5.41) is 6.72. The van der Waals surface area contributed by atoms with Crippen molar-refractivity contribution < 1.29 is 0 Å². The van der Waals surface area contributed by atoms with Gasteiger partial charge in [-0.3, -0.25) is 0 Å². The van der Waals surface area contributed by atoms with E-state index in [1.54, 1.807) is 0 Å². The largest absolute Gasteiger partial charge is 0.366 e. The molecule has 2 heterocycles. The van der Waals surface area contributed by atoms with E-state index in [1.165, 1.54) is 12.0 Å². The summed E-state index contributed by atoms with van der Waals surface area (Å²) in [6, 6.07) is 4.64. The Morgan fingerprint density at radius 2 is 2.43 bits per heavy atom. The molecule has 1 aromatic rings. The molecular formula is C10H16ClN3. The number of anilines is 1. The van der Waals surface area contributed by atoms with Gasteiger partial charge < -0.3 is 10.6 Å². The standard InChI is InChI=1S/C10H15N3.ClH/c1-8-2-5-12-10(6-8)13-9-3-4-11-7-9;/h2,5-6,9,11H,3-4,7H2,1H3,(H,12,13);1H. The van der Waals surface area contributed by atoms with E-state index in [1.807, 2.05) is 12.3 Å². The molecule has 1 saturated heterocycles. The second-order valence-corrected chi connectivity index (χ2v) is 3.55. The van der Waals surface area contributed by atoms with Crippen LogP contribution in [-0.4, -0.2) is 24.1 Å². The quantitative estimate of drug-likeness (QED) is 0.784. The van der Waals surface area contributed by atoms with Crippen molar-refractivity contribution in [3.8, 4) is 0 Å². The monoisotopic (exact) mass is 213 g/mol. The fourth-order valence-corrected chi connectivity index (χ4v) is 1.60. The van der Waals surface area contributed by atoms with Crippen molar-refractivity contribution in [2.45, 2.75) is 19.4 Å². The van der Waals surface area contributed by atoms with Crippen LogP contribution in [0, 0.1) is 6.92 Å². The molecule has 0 amide bonds. The van der Waals surface area contributed by atoms with Gasteiger partial charge in [0.1, 0.15) is 5.82 Å². The Morgan fingerprint density at radius 3 is 3.07 bits per heavy atom. The maximum atomic E-state index is 4.26. The zero-order chi connectivity index (χ0) is 9.10. The van der Waals surface area contributed by atoms with Crippen LogP contribution >= 0.6 is 12.4 Å². The molecule has 78 valence electrons. The van der Waals surface area contributed by atoms with Gasteiger partial charge in [-0.15, -0.1) is 12.4 Å². The van der Waals surface area contributed by atoms with Crippen molar-refractivity contribution in [3.63, 3.8) is 0 Å². The van der Waals surface area contributed by atoms with E-state index in [0.717, 1.165) is 18.9 Å². The maximum absolute atomic E-state index is 4.26. The lowest BCUT2D eigenvalue weighted by atomic mass is 10.2. The van der Waals surface area contributed by atoms with Gasteiger partial charge in [0.25, 0.3) is 0 Å². The van der Waals surface area contributed by atoms with Crippen LogP contribution in [0.1, 0.15) is 12.0 Å². The molecule has 0 saturated carbocycles. The van der Waals surface area contributed by atoms with Gasteiger partial charge in [-0.05, 0) is 37.6 Å². The van der Waals surface area contributed by atoms with Crippen molar-refractivity contribution in [2.75, 3.05) is 18.4 Å². The van der Waals surface area contributed by atoms with Crippen LogP contribution in [0.4, 0.5) is 5.82 Å². The van der Waals surface area contributed by atoms with Crippen LogP contribution in [0.15, 0.2) is 18.3 Å². The molecule has 1 unspecified atom stereocenters. The third kappa shape index (κ3) is 2.86. The van der Waals surface area contributed by atoms with Crippen LogP contribution in [0.2, 0.25) is 0 Å². The van der Waals surface area contributed by atoms with Gasteiger partial charge in [0, 0.05) is 18.8 Å². The number of aryl methyl sites for hydroxylation is 1. The van der Waals surface area contributed by atoms with E-state index >= 15 is 0 Å². The first-order chi connectivity index (χ1) is 6.34. The van der Waals surface area contributed by atoms with Gasteiger partial charge in [-0.1, -0.05) is 0 Å². The molecular weight excluding hydrogens is 198 g/mol. The van der Waals surface area contributed by atoms with Gasteiger partial charge in [0.2, 0.25) is 0 Å². The number of halogens is 1. The summed E-state index contributed by atoms with van der Waals surface area (Å²) in [7, 11) is 0. The van der Waals surface area contributed by atoms with Crippen LogP contribution in [0.5, 0.6) is 0 Å². The van der Waals surface area contributed by atoms with Crippen LogP contribution in [-0.2, 0) is 0 Å². The second-order valence-electron chi connectivity index (χ2n) is 3.55.